The number of fused-ring (bicyclic) bond motifs is 10. The molecule has 6 aromatic carbocycles. The molecule has 222 valence electrons. The van der Waals surface area contributed by atoms with Gasteiger partial charge in [0.15, 0.2) is 5.82 Å². The molecule has 0 atom stereocenters. The van der Waals surface area contributed by atoms with Crippen LogP contribution in [-0.4, -0.2) is 22.6 Å². The third-order valence-corrected chi connectivity index (χ3v) is 13.9. The van der Waals surface area contributed by atoms with Gasteiger partial charge in [0.2, 0.25) is 0 Å². The minimum atomic E-state index is -2.02. The molecule has 2 aromatic heterocycles. The van der Waals surface area contributed by atoms with E-state index in [1.165, 1.54) is 60.0 Å². The van der Waals surface area contributed by atoms with Crippen LogP contribution in [0, 0.1) is 0 Å². The molecule has 0 amide bonds. The van der Waals surface area contributed by atoms with Gasteiger partial charge in [0.1, 0.15) is 8.07 Å². The van der Waals surface area contributed by atoms with E-state index in [1.54, 1.807) is 0 Å². The molecule has 0 saturated heterocycles. The first-order chi connectivity index (χ1) is 23.1. The molecular formula is C43H31N3Si. The highest BCUT2D eigenvalue weighted by Crippen LogP contribution is 2.45. The third kappa shape index (κ3) is 3.73. The number of rotatable bonds is 3. The van der Waals surface area contributed by atoms with Crippen LogP contribution in [0.25, 0.3) is 72.5 Å². The zero-order valence-corrected chi connectivity index (χ0v) is 27.3. The number of nitrogens with zero attached hydrogens (tertiary/aromatic N) is 3. The van der Waals surface area contributed by atoms with Crippen molar-refractivity contribution in [1.82, 2.24) is 14.5 Å². The first-order valence-electron chi connectivity index (χ1n) is 16.4. The molecule has 3 nitrogen and oxygen atoms in total. The van der Waals surface area contributed by atoms with Crippen LogP contribution in [0.4, 0.5) is 0 Å². The van der Waals surface area contributed by atoms with Gasteiger partial charge in [-0.3, -0.25) is 0 Å². The van der Waals surface area contributed by atoms with E-state index >= 15 is 0 Å². The summed E-state index contributed by atoms with van der Waals surface area (Å²) < 4.78 is 2.46. The number of aromatic nitrogens is 3. The Labute approximate surface area is 274 Å². The number of hydrogen-bond donors (Lipinski definition) is 0. The fraction of sp³-hybridized carbons (Fsp3) is 0.0698. The Morgan fingerprint density at radius 3 is 2.19 bits per heavy atom. The lowest BCUT2D eigenvalue weighted by Gasteiger charge is -2.21. The van der Waals surface area contributed by atoms with Crippen LogP contribution < -0.4 is 10.4 Å². The van der Waals surface area contributed by atoms with E-state index in [2.05, 4.69) is 157 Å². The van der Waals surface area contributed by atoms with Crippen LogP contribution in [0.1, 0.15) is 11.1 Å². The Hall–Kier alpha value is -5.58. The van der Waals surface area contributed by atoms with Crippen LogP contribution in [-0.2, 0) is 6.42 Å². The van der Waals surface area contributed by atoms with Crippen LogP contribution in [0.5, 0.6) is 0 Å². The Bertz CT molecular complexity index is 2580. The van der Waals surface area contributed by atoms with Crippen molar-refractivity contribution >= 4 is 40.3 Å². The van der Waals surface area contributed by atoms with Gasteiger partial charge in [-0.15, -0.1) is 0 Å². The van der Waals surface area contributed by atoms with E-state index in [4.69, 9.17) is 9.97 Å². The van der Waals surface area contributed by atoms with E-state index in [1.807, 2.05) is 0 Å². The van der Waals surface area contributed by atoms with Gasteiger partial charge in [-0.1, -0.05) is 134 Å². The smallest absolute Gasteiger partial charge is 0.160 e. The van der Waals surface area contributed by atoms with Crippen molar-refractivity contribution < 1.29 is 0 Å². The van der Waals surface area contributed by atoms with Gasteiger partial charge in [0, 0.05) is 33.2 Å². The number of para-hydroxylation sites is 1. The van der Waals surface area contributed by atoms with Crippen LogP contribution in [0.2, 0.25) is 13.1 Å². The van der Waals surface area contributed by atoms with E-state index in [0.717, 1.165) is 40.4 Å². The van der Waals surface area contributed by atoms with Crippen molar-refractivity contribution in [1.29, 1.82) is 0 Å². The molecule has 4 heteroatoms. The zero-order valence-electron chi connectivity index (χ0n) is 26.3. The van der Waals surface area contributed by atoms with Crippen molar-refractivity contribution in [2.45, 2.75) is 19.5 Å². The highest BCUT2D eigenvalue weighted by Gasteiger charge is 2.41. The highest BCUT2D eigenvalue weighted by atomic mass is 28.3. The summed E-state index contributed by atoms with van der Waals surface area (Å²) in [5, 5.41) is 5.32. The SMILES string of the molecule is C[Si]1(C)c2ccccc2-c2nc(-c3cccc(-n4c5ccccc5c5ccc6c(c54)-c4ccccc4C6)c3)nc(-c3ccccc3)c21. The van der Waals surface area contributed by atoms with Gasteiger partial charge in [0.05, 0.1) is 22.4 Å². The summed E-state index contributed by atoms with van der Waals surface area (Å²) in [7, 11) is -2.02. The molecule has 1 aliphatic carbocycles. The molecule has 2 aliphatic rings. The second-order valence-corrected chi connectivity index (χ2v) is 17.7. The van der Waals surface area contributed by atoms with E-state index in [0.29, 0.717) is 0 Å². The standard InChI is InChI=1S/C43H31N3Si/c1-47(2)37-22-11-9-20-35(37)40-42(47)39(27-13-4-3-5-14-27)44-43(45-40)30-16-12-17-31(26-30)46-36-21-10-8-19-33(36)34-24-23-29-25-28-15-6-7-18-32(28)38(29)41(34)46/h3-24,26H,25H2,1-2H3. The third-order valence-electron chi connectivity index (χ3n) is 10.4. The average Bonchev–Trinajstić information content (AvgIpc) is 3.74. The maximum absolute atomic E-state index is 5.41. The molecule has 0 radical (unpaired) electrons. The van der Waals surface area contributed by atoms with Crippen molar-refractivity contribution in [2.24, 2.45) is 0 Å². The molecule has 47 heavy (non-hydrogen) atoms. The molecule has 8 aromatic rings. The Kier molecular flexibility index (Phi) is 5.50. The predicted molar refractivity (Wildman–Crippen MR) is 198 cm³/mol. The predicted octanol–water partition coefficient (Wildman–Crippen LogP) is 9.28. The molecule has 1 aliphatic heterocycles. The van der Waals surface area contributed by atoms with Crippen LogP contribution in [0.3, 0.4) is 0 Å². The number of benzene rings is 6. The summed E-state index contributed by atoms with van der Waals surface area (Å²) in [6.07, 6.45) is 0.968. The van der Waals surface area contributed by atoms with Crippen molar-refractivity contribution in [2.75, 3.05) is 0 Å². The normalized spacial score (nSPS) is 13.8. The van der Waals surface area contributed by atoms with E-state index in [9.17, 15) is 0 Å². The van der Waals surface area contributed by atoms with Crippen LogP contribution >= 0.6 is 0 Å². The first-order valence-corrected chi connectivity index (χ1v) is 19.4. The second-order valence-electron chi connectivity index (χ2n) is 13.4. The molecular weight excluding hydrogens is 587 g/mol. The average molecular weight is 618 g/mol. The van der Waals surface area contributed by atoms with Gasteiger partial charge in [-0.05, 0) is 57.2 Å². The lowest BCUT2D eigenvalue weighted by atomic mass is 10.0. The Morgan fingerprint density at radius 1 is 0.574 bits per heavy atom. The monoisotopic (exact) mass is 617 g/mol. The highest BCUT2D eigenvalue weighted by molar-refractivity contribution is 7.04. The number of hydrogen-bond acceptors (Lipinski definition) is 2. The molecule has 0 N–H and O–H groups in total. The van der Waals surface area contributed by atoms with Gasteiger partial charge in [0.25, 0.3) is 0 Å². The van der Waals surface area contributed by atoms with Crippen molar-refractivity contribution in [3.63, 3.8) is 0 Å². The quantitative estimate of drug-likeness (QED) is 0.185. The van der Waals surface area contributed by atoms with Gasteiger partial charge in [-0.25, -0.2) is 9.97 Å². The van der Waals surface area contributed by atoms with Gasteiger partial charge in [-0.2, -0.15) is 0 Å². The summed E-state index contributed by atoms with van der Waals surface area (Å²) in [5.74, 6) is 0.766. The summed E-state index contributed by atoms with van der Waals surface area (Å²) in [4.78, 5) is 10.8. The molecule has 0 bridgehead atoms. The van der Waals surface area contributed by atoms with Gasteiger partial charge >= 0.3 is 0 Å². The summed E-state index contributed by atoms with van der Waals surface area (Å²) in [6, 6.07) is 50.7. The van der Waals surface area contributed by atoms with Crippen molar-refractivity contribution in [3.8, 4) is 50.7 Å². The summed E-state index contributed by atoms with van der Waals surface area (Å²) in [5.41, 5.74) is 14.7. The molecule has 0 spiro atoms. The lowest BCUT2D eigenvalue weighted by molar-refractivity contribution is 1.16. The Morgan fingerprint density at radius 2 is 1.30 bits per heavy atom. The molecule has 0 saturated carbocycles. The summed E-state index contributed by atoms with van der Waals surface area (Å²) in [6.45, 7) is 4.87. The molecule has 0 fully saturated rings. The van der Waals surface area contributed by atoms with Gasteiger partial charge < -0.3 is 4.57 Å². The zero-order chi connectivity index (χ0) is 31.3. The molecule has 0 unspecified atom stereocenters. The fourth-order valence-corrected chi connectivity index (χ4v) is 11.5. The first kappa shape index (κ1) is 26.6. The lowest BCUT2D eigenvalue weighted by Crippen LogP contribution is -2.50. The van der Waals surface area contributed by atoms with Crippen molar-refractivity contribution in [3.05, 3.63) is 151 Å². The van der Waals surface area contributed by atoms with E-state index < -0.39 is 8.07 Å². The minimum absolute atomic E-state index is 0.766. The minimum Gasteiger partial charge on any atom is -0.309 e. The maximum Gasteiger partial charge on any atom is 0.160 e. The topological polar surface area (TPSA) is 30.7 Å². The second kappa shape index (κ2) is 9.71. The molecule has 3 heterocycles. The fourth-order valence-electron chi connectivity index (χ4n) is 8.27. The Balaban J connectivity index is 1.24. The van der Waals surface area contributed by atoms with Crippen LogP contribution in [0.15, 0.2) is 140 Å². The van der Waals surface area contributed by atoms with E-state index in [-0.39, 0.29) is 0 Å². The maximum atomic E-state index is 5.41. The largest absolute Gasteiger partial charge is 0.309 e. The molecule has 10 rings (SSSR count). The summed E-state index contributed by atoms with van der Waals surface area (Å²) >= 11 is 0.